The van der Waals surface area contributed by atoms with Crippen LogP contribution in [0.5, 0.6) is 0 Å². The maximum Gasteiger partial charge on any atom is 0.317 e. The third kappa shape index (κ3) is 3.85. The average Bonchev–Trinajstić information content (AvgIpc) is 2.33. The van der Waals surface area contributed by atoms with Crippen LogP contribution in [0.3, 0.4) is 0 Å². The monoisotopic (exact) mass is 268 g/mol. The van der Waals surface area contributed by atoms with Gasteiger partial charge >= 0.3 is 12.0 Å². The molecule has 2 amide bonds. The number of amides is 2. The highest BCUT2D eigenvalue weighted by Crippen LogP contribution is 2.27. The molecule has 1 saturated heterocycles. The average molecular weight is 268 g/mol. The van der Waals surface area contributed by atoms with Crippen molar-refractivity contribution < 1.29 is 14.7 Å². The standard InChI is InChI=1S/C14H24N2O3/c1-10(12-5-3-2-4-6-12)15-14(19)16-8-11(9-16)7-13(17)18/h10-12H,2-9H2,1H3,(H,15,19)(H,17,18). The zero-order valence-corrected chi connectivity index (χ0v) is 11.6. The minimum absolute atomic E-state index is 0.0280. The second-order valence-corrected chi connectivity index (χ2v) is 6.01. The molecule has 1 aliphatic heterocycles. The molecule has 0 radical (unpaired) electrons. The fourth-order valence-electron chi connectivity index (χ4n) is 3.15. The first-order valence-electron chi connectivity index (χ1n) is 7.33. The van der Waals surface area contributed by atoms with Crippen molar-refractivity contribution in [1.29, 1.82) is 0 Å². The van der Waals surface area contributed by atoms with E-state index in [1.165, 1.54) is 32.1 Å². The molecular weight excluding hydrogens is 244 g/mol. The minimum atomic E-state index is -0.777. The van der Waals surface area contributed by atoms with Crippen molar-refractivity contribution in [3.63, 3.8) is 0 Å². The van der Waals surface area contributed by atoms with Gasteiger partial charge in [-0.3, -0.25) is 4.79 Å². The summed E-state index contributed by atoms with van der Waals surface area (Å²) in [5.41, 5.74) is 0. The molecule has 19 heavy (non-hydrogen) atoms. The van der Waals surface area contributed by atoms with E-state index in [4.69, 9.17) is 5.11 Å². The molecular formula is C14H24N2O3. The topological polar surface area (TPSA) is 69.6 Å². The number of rotatable bonds is 4. The molecule has 1 atom stereocenters. The smallest absolute Gasteiger partial charge is 0.317 e. The van der Waals surface area contributed by atoms with Crippen molar-refractivity contribution in [3.8, 4) is 0 Å². The molecule has 0 aromatic heterocycles. The Bertz CT molecular complexity index is 334. The molecule has 0 aromatic rings. The Kier molecular flexibility index (Phi) is 4.66. The van der Waals surface area contributed by atoms with Gasteiger partial charge in [-0.05, 0) is 25.7 Å². The first-order chi connectivity index (χ1) is 9.06. The first kappa shape index (κ1) is 14.2. The molecule has 2 fully saturated rings. The van der Waals surface area contributed by atoms with Crippen LogP contribution in [-0.2, 0) is 4.79 Å². The maximum absolute atomic E-state index is 12.0. The number of hydrogen-bond acceptors (Lipinski definition) is 2. The Hall–Kier alpha value is -1.26. The molecule has 1 saturated carbocycles. The van der Waals surface area contributed by atoms with E-state index in [1.807, 2.05) is 0 Å². The molecule has 108 valence electrons. The highest BCUT2D eigenvalue weighted by atomic mass is 16.4. The number of carbonyl (C=O) groups excluding carboxylic acids is 1. The van der Waals surface area contributed by atoms with Crippen LogP contribution >= 0.6 is 0 Å². The van der Waals surface area contributed by atoms with Crippen LogP contribution in [0.2, 0.25) is 0 Å². The summed E-state index contributed by atoms with van der Waals surface area (Å²) in [5, 5.41) is 11.7. The summed E-state index contributed by atoms with van der Waals surface area (Å²) in [6, 6.07) is 0.200. The van der Waals surface area contributed by atoms with E-state index in [0.29, 0.717) is 19.0 Å². The van der Waals surface area contributed by atoms with Gasteiger partial charge in [0.25, 0.3) is 0 Å². The first-order valence-corrected chi connectivity index (χ1v) is 7.33. The normalized spacial score (nSPS) is 22.7. The van der Waals surface area contributed by atoms with Crippen molar-refractivity contribution in [2.45, 2.75) is 51.5 Å². The van der Waals surface area contributed by atoms with Crippen LogP contribution in [0.15, 0.2) is 0 Å². The fraction of sp³-hybridized carbons (Fsp3) is 0.857. The highest BCUT2D eigenvalue weighted by molar-refractivity contribution is 5.76. The molecule has 2 rings (SSSR count). The van der Waals surface area contributed by atoms with Crippen molar-refractivity contribution in [2.24, 2.45) is 11.8 Å². The van der Waals surface area contributed by atoms with Gasteiger partial charge in [-0.1, -0.05) is 19.3 Å². The second-order valence-electron chi connectivity index (χ2n) is 6.01. The Balaban J connectivity index is 1.68. The molecule has 0 bridgehead atoms. The van der Waals surface area contributed by atoms with Crippen molar-refractivity contribution in [2.75, 3.05) is 13.1 Å². The number of carbonyl (C=O) groups is 2. The highest BCUT2D eigenvalue weighted by Gasteiger charge is 2.33. The molecule has 5 nitrogen and oxygen atoms in total. The van der Waals surface area contributed by atoms with Gasteiger partial charge < -0.3 is 15.3 Å². The predicted molar refractivity (Wildman–Crippen MR) is 71.9 cm³/mol. The number of aliphatic carboxylic acids is 1. The summed E-state index contributed by atoms with van der Waals surface area (Å²) in [6.45, 7) is 3.24. The van der Waals surface area contributed by atoms with Crippen LogP contribution in [0.25, 0.3) is 0 Å². The number of carboxylic acids is 1. The number of nitrogens with one attached hydrogen (secondary N) is 1. The molecule has 5 heteroatoms. The van der Waals surface area contributed by atoms with Crippen LogP contribution in [0.1, 0.15) is 45.4 Å². The lowest BCUT2D eigenvalue weighted by Gasteiger charge is -2.40. The van der Waals surface area contributed by atoms with Crippen molar-refractivity contribution >= 4 is 12.0 Å². The summed E-state index contributed by atoms with van der Waals surface area (Å²) in [6.07, 6.45) is 6.46. The Morgan fingerprint density at radius 2 is 1.89 bits per heavy atom. The maximum atomic E-state index is 12.0. The third-order valence-corrected chi connectivity index (χ3v) is 4.42. The van der Waals surface area contributed by atoms with Gasteiger partial charge in [0, 0.05) is 25.0 Å². The number of nitrogens with zero attached hydrogens (tertiary/aromatic N) is 1. The zero-order chi connectivity index (χ0) is 13.8. The second kappa shape index (κ2) is 6.26. The summed E-state index contributed by atoms with van der Waals surface area (Å²) in [4.78, 5) is 24.2. The van der Waals surface area contributed by atoms with E-state index in [0.717, 1.165) is 0 Å². The van der Waals surface area contributed by atoms with E-state index in [2.05, 4.69) is 12.2 Å². The lowest BCUT2D eigenvalue weighted by molar-refractivity contribution is -0.139. The van der Waals surface area contributed by atoms with E-state index >= 15 is 0 Å². The molecule has 1 aliphatic carbocycles. The van der Waals surface area contributed by atoms with E-state index in [-0.39, 0.29) is 24.4 Å². The minimum Gasteiger partial charge on any atom is -0.481 e. The lowest BCUT2D eigenvalue weighted by Crippen LogP contribution is -2.56. The predicted octanol–water partition coefficient (Wildman–Crippen LogP) is 2.07. The number of urea groups is 1. The van der Waals surface area contributed by atoms with Crippen molar-refractivity contribution in [3.05, 3.63) is 0 Å². The Morgan fingerprint density at radius 3 is 2.47 bits per heavy atom. The van der Waals surface area contributed by atoms with Gasteiger partial charge in [-0.2, -0.15) is 0 Å². The third-order valence-electron chi connectivity index (χ3n) is 4.42. The van der Waals surface area contributed by atoms with Crippen LogP contribution < -0.4 is 5.32 Å². The quantitative estimate of drug-likeness (QED) is 0.820. The molecule has 2 N–H and O–H groups in total. The van der Waals surface area contributed by atoms with Crippen LogP contribution in [0.4, 0.5) is 4.79 Å². The Morgan fingerprint density at radius 1 is 1.26 bits per heavy atom. The summed E-state index contributed by atoms with van der Waals surface area (Å²) >= 11 is 0. The zero-order valence-electron chi connectivity index (χ0n) is 11.6. The number of likely N-dealkylation sites (tertiary alicyclic amines) is 1. The SMILES string of the molecule is CC(NC(=O)N1CC(CC(=O)O)C1)C1CCCCC1. The van der Waals surface area contributed by atoms with Gasteiger partial charge in [0.1, 0.15) is 0 Å². The summed E-state index contributed by atoms with van der Waals surface area (Å²) < 4.78 is 0. The van der Waals surface area contributed by atoms with Gasteiger partial charge in [-0.15, -0.1) is 0 Å². The van der Waals surface area contributed by atoms with Gasteiger partial charge in [-0.25, -0.2) is 4.79 Å². The van der Waals surface area contributed by atoms with Gasteiger partial charge in [0.2, 0.25) is 0 Å². The van der Waals surface area contributed by atoms with E-state index in [1.54, 1.807) is 4.90 Å². The molecule has 0 aromatic carbocycles. The van der Waals surface area contributed by atoms with E-state index < -0.39 is 5.97 Å². The molecule has 2 aliphatic rings. The molecule has 0 spiro atoms. The van der Waals surface area contributed by atoms with E-state index in [9.17, 15) is 9.59 Å². The molecule has 1 unspecified atom stereocenters. The van der Waals surface area contributed by atoms with Gasteiger partial charge in [0.05, 0.1) is 6.42 Å². The van der Waals surface area contributed by atoms with Crippen LogP contribution in [-0.4, -0.2) is 41.1 Å². The van der Waals surface area contributed by atoms with Crippen molar-refractivity contribution in [1.82, 2.24) is 10.2 Å². The fourth-order valence-corrected chi connectivity index (χ4v) is 3.15. The summed E-state index contributed by atoms with van der Waals surface area (Å²) in [5.74, 6) is -0.0392. The Labute approximate surface area is 114 Å². The van der Waals surface area contributed by atoms with Gasteiger partial charge in [0.15, 0.2) is 0 Å². The largest absolute Gasteiger partial charge is 0.481 e. The summed E-state index contributed by atoms with van der Waals surface area (Å²) in [7, 11) is 0. The number of hydrogen-bond donors (Lipinski definition) is 2. The number of carboxylic acid groups (broad SMARTS) is 1. The van der Waals surface area contributed by atoms with Crippen LogP contribution in [0, 0.1) is 11.8 Å². The molecule has 1 heterocycles. The lowest BCUT2D eigenvalue weighted by atomic mass is 9.84.